The second-order valence-corrected chi connectivity index (χ2v) is 15.2. The predicted octanol–water partition coefficient (Wildman–Crippen LogP) is 6.33. The van der Waals surface area contributed by atoms with Gasteiger partial charge in [-0.15, -0.1) is 6.58 Å². The van der Waals surface area contributed by atoms with Crippen molar-refractivity contribution >= 4 is 39.1 Å². The summed E-state index contributed by atoms with van der Waals surface area (Å²) in [5, 5.41) is 0.435. The molecule has 0 saturated carbocycles. The molecule has 2 aliphatic heterocycles. The first kappa shape index (κ1) is 33.4. The average molecular weight is 669 g/mol. The molecule has 9 nitrogen and oxygen atoms in total. The predicted molar refractivity (Wildman–Crippen MR) is 182 cm³/mol. The summed E-state index contributed by atoms with van der Waals surface area (Å²) in [5.74, 6) is -2.40. The minimum atomic E-state index is -4.27. The van der Waals surface area contributed by atoms with Gasteiger partial charge in [0.25, 0.3) is 10.0 Å². The molecule has 6 rings (SSSR count). The lowest BCUT2D eigenvalue weighted by Crippen LogP contribution is -2.65. The molecule has 5 atom stereocenters. The Kier molecular flexibility index (Phi) is 8.68. The topological polar surface area (TPSA) is 112 Å². The summed E-state index contributed by atoms with van der Waals surface area (Å²) in [6.45, 7) is 11.5. The molecule has 4 aromatic rings. The maximum absolute atomic E-state index is 15.3. The first-order valence-electron chi connectivity index (χ1n) is 16.1. The maximum Gasteiger partial charge on any atom is 0.323 e. The van der Waals surface area contributed by atoms with E-state index in [1.54, 1.807) is 74.2 Å². The highest BCUT2D eigenvalue weighted by atomic mass is 32.2. The summed E-state index contributed by atoms with van der Waals surface area (Å²) in [5.41, 5.74) is -1.66. The van der Waals surface area contributed by atoms with Crippen LogP contribution in [0.2, 0.25) is 0 Å². The molecule has 0 spiro atoms. The van der Waals surface area contributed by atoms with Gasteiger partial charge in [0.1, 0.15) is 17.5 Å². The number of rotatable bonds is 9. The molecule has 0 radical (unpaired) electrons. The Balaban J connectivity index is 1.63. The van der Waals surface area contributed by atoms with Gasteiger partial charge < -0.3 is 14.4 Å². The van der Waals surface area contributed by atoms with E-state index in [4.69, 9.17) is 9.47 Å². The molecule has 2 saturated heterocycles. The molecule has 0 unspecified atom stereocenters. The zero-order valence-corrected chi connectivity index (χ0v) is 28.4. The van der Waals surface area contributed by atoms with Gasteiger partial charge in [0.05, 0.1) is 23.1 Å². The van der Waals surface area contributed by atoms with Crippen LogP contribution in [0.4, 0.5) is 0 Å². The zero-order chi connectivity index (χ0) is 34.4. The monoisotopic (exact) mass is 668 g/mol. The van der Waals surface area contributed by atoms with Crippen LogP contribution in [-0.2, 0) is 35.5 Å². The standard InChI is InChI=1S/C38H40N2O7S/c1-6-27-30(7-2)38(36(43)47-37(3,4)5,35(42)39-33(24-46-34(27)39)25-16-10-8-11-17-25)22-29-28-20-14-15-21-31(28)40(32(29)23-41)48(44,45)26-18-12-9-13-19-26/h7-21,23,27,30,33-34H,2,6,22,24H2,1,3-5H3/t27-,30+,33-,34+,38+/m0/s1. The number of allylic oxidation sites excluding steroid dienone is 1. The molecule has 1 aromatic heterocycles. The smallest absolute Gasteiger partial charge is 0.323 e. The van der Waals surface area contributed by atoms with Crippen LogP contribution in [0.25, 0.3) is 10.9 Å². The molecule has 2 fully saturated rings. The molecular weight excluding hydrogens is 628 g/mol. The van der Waals surface area contributed by atoms with E-state index in [1.165, 1.54) is 12.1 Å². The fourth-order valence-electron chi connectivity index (χ4n) is 7.49. The zero-order valence-electron chi connectivity index (χ0n) is 27.5. The molecule has 0 aliphatic carbocycles. The van der Waals surface area contributed by atoms with E-state index >= 15 is 4.79 Å². The van der Waals surface area contributed by atoms with Crippen LogP contribution >= 0.6 is 0 Å². The summed E-state index contributed by atoms with van der Waals surface area (Å²) in [6, 6.07) is 23.6. The Morgan fingerprint density at radius 2 is 1.65 bits per heavy atom. The van der Waals surface area contributed by atoms with E-state index in [-0.39, 0.29) is 40.6 Å². The molecule has 0 N–H and O–H groups in total. The Bertz CT molecular complexity index is 1980. The van der Waals surface area contributed by atoms with Crippen molar-refractivity contribution < 1.29 is 32.3 Å². The SMILES string of the molecule is C=C[C@@H]1[C@H](CC)[C@H]2OC[C@@H](c3ccccc3)N2C(=O)[C@]1(Cc1c(C=O)n(S(=O)(=O)c2ccccc2)c2ccccc12)C(=O)OC(C)(C)C. The Morgan fingerprint density at radius 1 is 1.02 bits per heavy atom. The molecule has 2 aliphatic rings. The van der Waals surface area contributed by atoms with Gasteiger partial charge in [0, 0.05) is 23.6 Å². The number of aromatic nitrogens is 1. The van der Waals surface area contributed by atoms with Crippen molar-refractivity contribution in [1.82, 2.24) is 8.87 Å². The lowest BCUT2D eigenvalue weighted by molar-refractivity contribution is -0.194. The molecule has 48 heavy (non-hydrogen) atoms. The van der Waals surface area contributed by atoms with Gasteiger partial charge in [-0.05, 0) is 56.5 Å². The summed E-state index contributed by atoms with van der Waals surface area (Å²) >= 11 is 0. The normalized spacial score (nSPS) is 24.3. The Hall–Kier alpha value is -4.54. The largest absolute Gasteiger partial charge is 0.459 e. The molecule has 250 valence electrons. The van der Waals surface area contributed by atoms with Crippen LogP contribution in [0.3, 0.4) is 0 Å². The number of para-hydroxylation sites is 1. The highest BCUT2D eigenvalue weighted by molar-refractivity contribution is 7.90. The first-order chi connectivity index (χ1) is 22.9. The van der Waals surface area contributed by atoms with Crippen molar-refractivity contribution in [2.24, 2.45) is 17.3 Å². The summed E-state index contributed by atoms with van der Waals surface area (Å²) in [7, 11) is -4.27. The van der Waals surface area contributed by atoms with Crippen molar-refractivity contribution in [1.29, 1.82) is 0 Å². The quantitative estimate of drug-likeness (QED) is 0.0887. The molecule has 3 aromatic carbocycles. The average Bonchev–Trinajstić information content (AvgIpc) is 3.66. The molecule has 0 bridgehead atoms. The van der Waals surface area contributed by atoms with E-state index < -0.39 is 51.1 Å². The van der Waals surface area contributed by atoms with Crippen LogP contribution in [0.1, 0.15) is 61.8 Å². The third-order valence-electron chi connectivity index (χ3n) is 9.54. The van der Waals surface area contributed by atoms with Gasteiger partial charge in [-0.25, -0.2) is 12.4 Å². The van der Waals surface area contributed by atoms with Gasteiger partial charge in [0.15, 0.2) is 11.7 Å². The van der Waals surface area contributed by atoms with E-state index in [2.05, 4.69) is 6.58 Å². The number of aldehydes is 1. The third-order valence-corrected chi connectivity index (χ3v) is 11.3. The maximum atomic E-state index is 15.3. The summed E-state index contributed by atoms with van der Waals surface area (Å²) in [4.78, 5) is 44.9. The van der Waals surface area contributed by atoms with Crippen molar-refractivity contribution in [2.45, 2.75) is 63.3 Å². The molecular formula is C38H40N2O7S. The summed E-state index contributed by atoms with van der Waals surface area (Å²) < 4.78 is 41.8. The highest BCUT2D eigenvalue weighted by Crippen LogP contribution is 2.54. The van der Waals surface area contributed by atoms with Crippen LogP contribution in [0.5, 0.6) is 0 Å². The number of carbonyl (C=O) groups excluding carboxylic acids is 3. The van der Waals surface area contributed by atoms with Gasteiger partial charge in [-0.3, -0.25) is 14.4 Å². The number of fused-ring (bicyclic) bond motifs is 2. The number of esters is 1. The Labute approximate surface area is 281 Å². The van der Waals surface area contributed by atoms with Crippen LogP contribution in [0.15, 0.2) is 102 Å². The number of hydrogen-bond donors (Lipinski definition) is 0. The molecule has 1 amide bonds. The lowest BCUT2D eigenvalue weighted by Gasteiger charge is -2.51. The van der Waals surface area contributed by atoms with Crippen LogP contribution in [0, 0.1) is 17.3 Å². The van der Waals surface area contributed by atoms with Crippen molar-refractivity contribution in [3.8, 4) is 0 Å². The van der Waals surface area contributed by atoms with Crippen LogP contribution in [-0.4, -0.2) is 53.9 Å². The van der Waals surface area contributed by atoms with E-state index in [9.17, 15) is 18.0 Å². The fraction of sp³-hybridized carbons (Fsp3) is 0.342. The van der Waals surface area contributed by atoms with Gasteiger partial charge in [0.2, 0.25) is 5.91 Å². The van der Waals surface area contributed by atoms with E-state index in [0.29, 0.717) is 18.1 Å². The minimum absolute atomic E-state index is 0.00576. The highest BCUT2D eigenvalue weighted by Gasteiger charge is 2.65. The number of carbonyl (C=O) groups is 3. The second kappa shape index (κ2) is 12.5. The van der Waals surface area contributed by atoms with E-state index in [1.807, 2.05) is 37.3 Å². The van der Waals surface area contributed by atoms with Crippen LogP contribution < -0.4 is 0 Å². The van der Waals surface area contributed by atoms with Crippen molar-refractivity contribution in [3.05, 3.63) is 114 Å². The van der Waals surface area contributed by atoms with Gasteiger partial charge in [-0.2, -0.15) is 0 Å². The van der Waals surface area contributed by atoms with Crippen molar-refractivity contribution in [3.63, 3.8) is 0 Å². The lowest BCUT2D eigenvalue weighted by atomic mass is 9.61. The number of ether oxygens (including phenoxy) is 2. The minimum Gasteiger partial charge on any atom is -0.459 e. The van der Waals surface area contributed by atoms with Gasteiger partial charge >= 0.3 is 5.97 Å². The number of nitrogens with zero attached hydrogens (tertiary/aromatic N) is 2. The fourth-order valence-corrected chi connectivity index (χ4v) is 9.03. The van der Waals surface area contributed by atoms with Crippen molar-refractivity contribution in [2.75, 3.05) is 6.61 Å². The number of amides is 1. The van der Waals surface area contributed by atoms with Gasteiger partial charge in [-0.1, -0.05) is 79.7 Å². The second-order valence-electron chi connectivity index (χ2n) is 13.4. The first-order valence-corrected chi connectivity index (χ1v) is 17.6. The molecule has 10 heteroatoms. The van der Waals surface area contributed by atoms with E-state index in [0.717, 1.165) is 9.54 Å². The molecule has 3 heterocycles. The Morgan fingerprint density at radius 3 is 2.25 bits per heavy atom. The third kappa shape index (κ3) is 5.27. The number of benzene rings is 3. The number of piperidine rings is 1. The number of hydrogen-bond acceptors (Lipinski definition) is 7. The summed E-state index contributed by atoms with van der Waals surface area (Å²) in [6.07, 6.45) is 1.72.